The predicted molar refractivity (Wildman–Crippen MR) is 41.9 cm³/mol. The highest BCUT2D eigenvalue weighted by atomic mass is 32.2. The molecular formula is C7H10O4S. The first kappa shape index (κ1) is 8.22. The number of allylic oxidation sites excluding steroid dienone is 2. The lowest BCUT2D eigenvalue weighted by Gasteiger charge is -2.45. The van der Waals surface area contributed by atoms with E-state index in [1.54, 1.807) is 0 Å². The summed E-state index contributed by atoms with van der Waals surface area (Å²) in [7, 11) is -4.30. The summed E-state index contributed by atoms with van der Waals surface area (Å²) in [4.78, 5) is -1.87. The summed E-state index contributed by atoms with van der Waals surface area (Å²) in [5.41, 5.74) is 0. The molecule has 0 aromatic heterocycles. The molecule has 0 heterocycles. The van der Waals surface area contributed by atoms with E-state index in [9.17, 15) is 13.5 Å². The lowest BCUT2D eigenvalue weighted by atomic mass is 9.72. The maximum absolute atomic E-state index is 10.8. The van der Waals surface area contributed by atoms with Crippen molar-refractivity contribution >= 4 is 10.1 Å². The van der Waals surface area contributed by atoms with Gasteiger partial charge >= 0.3 is 0 Å². The Morgan fingerprint density at radius 2 is 2.17 bits per heavy atom. The van der Waals surface area contributed by atoms with Crippen LogP contribution in [0.1, 0.15) is 12.8 Å². The van der Waals surface area contributed by atoms with E-state index in [1.807, 2.05) is 12.2 Å². The minimum atomic E-state index is -4.30. The standard InChI is InChI=1S/C7H10O4S/c8-7(12(9,10)11)4-5-2-1-3-6(5)7/h1-2,5-6,8H,3-4H2,(H,9,10,11)/t5-,6-,7-/m1/s1. The van der Waals surface area contributed by atoms with Crippen LogP contribution in [-0.4, -0.2) is 23.0 Å². The molecule has 2 N–H and O–H groups in total. The Labute approximate surface area is 70.7 Å². The van der Waals surface area contributed by atoms with Gasteiger partial charge in [0.05, 0.1) is 0 Å². The zero-order valence-electron chi connectivity index (χ0n) is 6.34. The summed E-state index contributed by atoms with van der Waals surface area (Å²) in [5, 5.41) is 9.54. The molecule has 12 heavy (non-hydrogen) atoms. The molecule has 4 nitrogen and oxygen atoms in total. The Balaban J connectivity index is 2.29. The number of hydrogen-bond acceptors (Lipinski definition) is 3. The van der Waals surface area contributed by atoms with E-state index >= 15 is 0 Å². The van der Waals surface area contributed by atoms with Crippen molar-refractivity contribution in [3.63, 3.8) is 0 Å². The van der Waals surface area contributed by atoms with Crippen LogP contribution in [0.25, 0.3) is 0 Å². The van der Waals surface area contributed by atoms with Gasteiger partial charge in [0, 0.05) is 5.92 Å². The summed E-state index contributed by atoms with van der Waals surface area (Å²) in [5.74, 6) is -0.190. The molecule has 0 aromatic carbocycles. The summed E-state index contributed by atoms with van der Waals surface area (Å²) >= 11 is 0. The van der Waals surface area contributed by atoms with E-state index in [2.05, 4.69) is 0 Å². The van der Waals surface area contributed by atoms with Crippen molar-refractivity contribution in [2.45, 2.75) is 17.8 Å². The Hall–Kier alpha value is -0.390. The minimum Gasteiger partial charge on any atom is -0.372 e. The third kappa shape index (κ3) is 0.813. The van der Waals surface area contributed by atoms with Crippen LogP contribution < -0.4 is 0 Å². The highest BCUT2D eigenvalue weighted by Crippen LogP contribution is 2.52. The number of hydrogen-bond donors (Lipinski definition) is 2. The van der Waals surface area contributed by atoms with E-state index < -0.39 is 15.1 Å². The fourth-order valence-corrected chi connectivity index (χ4v) is 3.12. The molecule has 0 amide bonds. The van der Waals surface area contributed by atoms with Crippen LogP contribution >= 0.6 is 0 Å². The molecule has 1 fully saturated rings. The normalized spacial score (nSPS) is 45.5. The van der Waals surface area contributed by atoms with E-state index in [4.69, 9.17) is 4.55 Å². The molecule has 0 unspecified atom stereocenters. The summed E-state index contributed by atoms with van der Waals surface area (Å²) in [6.07, 6.45) is 4.41. The summed E-state index contributed by atoms with van der Waals surface area (Å²) in [6, 6.07) is 0. The van der Waals surface area contributed by atoms with Gasteiger partial charge in [-0.15, -0.1) is 0 Å². The highest BCUT2D eigenvalue weighted by molar-refractivity contribution is 7.87. The monoisotopic (exact) mass is 190 g/mol. The smallest absolute Gasteiger partial charge is 0.295 e. The predicted octanol–water partition coefficient (Wildman–Crippen LogP) is 0.159. The first-order chi connectivity index (χ1) is 5.45. The molecule has 68 valence electrons. The molecule has 2 rings (SSSR count). The SMILES string of the molecule is O=S(=O)(O)[C@]1(O)C[C@H]2C=CC[C@H]21. The topological polar surface area (TPSA) is 74.6 Å². The van der Waals surface area contributed by atoms with E-state index in [1.165, 1.54) is 0 Å². The summed E-state index contributed by atoms with van der Waals surface area (Å²) < 4.78 is 30.2. The molecule has 0 saturated heterocycles. The maximum Gasteiger partial charge on any atom is 0.295 e. The van der Waals surface area contributed by atoms with Crippen LogP contribution in [0, 0.1) is 11.8 Å². The second-order valence-corrected chi connectivity index (χ2v) is 5.12. The first-order valence-corrected chi connectivity index (χ1v) is 5.25. The van der Waals surface area contributed by atoms with Gasteiger partial charge in [0.1, 0.15) is 0 Å². The molecule has 0 aliphatic heterocycles. The molecule has 0 bridgehead atoms. The highest BCUT2D eigenvalue weighted by Gasteiger charge is 2.60. The average Bonchev–Trinajstić information content (AvgIpc) is 2.27. The number of rotatable bonds is 1. The van der Waals surface area contributed by atoms with Gasteiger partial charge in [0.25, 0.3) is 10.1 Å². The molecule has 3 atom stereocenters. The summed E-state index contributed by atoms with van der Waals surface area (Å²) in [6.45, 7) is 0. The molecule has 5 heteroatoms. The van der Waals surface area contributed by atoms with Crippen LogP contribution in [0.5, 0.6) is 0 Å². The zero-order valence-corrected chi connectivity index (χ0v) is 7.16. The Kier molecular flexibility index (Phi) is 1.44. The van der Waals surface area contributed by atoms with Crippen molar-refractivity contribution in [3.8, 4) is 0 Å². The van der Waals surface area contributed by atoms with E-state index in [-0.39, 0.29) is 18.3 Å². The second-order valence-electron chi connectivity index (χ2n) is 3.46. The molecule has 1 saturated carbocycles. The van der Waals surface area contributed by atoms with Crippen molar-refractivity contribution < 1.29 is 18.1 Å². The largest absolute Gasteiger partial charge is 0.372 e. The van der Waals surface area contributed by atoms with Gasteiger partial charge in [-0.2, -0.15) is 8.42 Å². The quantitative estimate of drug-likeness (QED) is 0.456. The molecule has 0 spiro atoms. The van der Waals surface area contributed by atoms with Crippen LogP contribution in [0.3, 0.4) is 0 Å². The third-order valence-electron chi connectivity index (χ3n) is 2.84. The van der Waals surface area contributed by atoms with Crippen molar-refractivity contribution in [2.24, 2.45) is 11.8 Å². The lowest BCUT2D eigenvalue weighted by molar-refractivity contribution is -0.0512. The van der Waals surface area contributed by atoms with Crippen LogP contribution in [0.4, 0.5) is 0 Å². The molecule has 2 aliphatic rings. The average molecular weight is 190 g/mol. The van der Waals surface area contributed by atoms with Crippen molar-refractivity contribution in [1.29, 1.82) is 0 Å². The fourth-order valence-electron chi connectivity index (χ4n) is 2.06. The molecule has 2 aliphatic carbocycles. The van der Waals surface area contributed by atoms with Gasteiger partial charge in [0.2, 0.25) is 0 Å². The first-order valence-electron chi connectivity index (χ1n) is 3.81. The lowest BCUT2D eigenvalue weighted by Crippen LogP contribution is -2.56. The second kappa shape index (κ2) is 2.10. The molecule has 0 aromatic rings. The fraction of sp³-hybridized carbons (Fsp3) is 0.714. The van der Waals surface area contributed by atoms with Gasteiger partial charge in [-0.3, -0.25) is 4.55 Å². The van der Waals surface area contributed by atoms with Gasteiger partial charge in [-0.1, -0.05) is 12.2 Å². The van der Waals surface area contributed by atoms with Gasteiger partial charge < -0.3 is 5.11 Å². The van der Waals surface area contributed by atoms with Gasteiger partial charge in [0.15, 0.2) is 4.93 Å². The van der Waals surface area contributed by atoms with Crippen LogP contribution in [0.15, 0.2) is 12.2 Å². The van der Waals surface area contributed by atoms with Crippen molar-refractivity contribution in [2.75, 3.05) is 0 Å². The van der Waals surface area contributed by atoms with Gasteiger partial charge in [-0.05, 0) is 18.8 Å². The maximum atomic E-state index is 10.8. The Morgan fingerprint density at radius 3 is 2.67 bits per heavy atom. The third-order valence-corrected chi connectivity index (χ3v) is 4.21. The Bertz CT molecular complexity index is 331. The van der Waals surface area contributed by atoms with E-state index in [0.717, 1.165) is 0 Å². The van der Waals surface area contributed by atoms with Crippen LogP contribution in [0.2, 0.25) is 0 Å². The van der Waals surface area contributed by atoms with E-state index in [0.29, 0.717) is 6.42 Å². The van der Waals surface area contributed by atoms with Crippen molar-refractivity contribution in [1.82, 2.24) is 0 Å². The Morgan fingerprint density at radius 1 is 1.50 bits per heavy atom. The molecular weight excluding hydrogens is 180 g/mol. The van der Waals surface area contributed by atoms with Crippen LogP contribution in [-0.2, 0) is 10.1 Å². The minimum absolute atomic E-state index is 0.132. The molecule has 0 radical (unpaired) electrons. The number of aliphatic hydroxyl groups is 1. The number of fused-ring (bicyclic) bond motifs is 1. The van der Waals surface area contributed by atoms with Gasteiger partial charge in [-0.25, -0.2) is 0 Å². The van der Waals surface area contributed by atoms with Crippen molar-refractivity contribution in [3.05, 3.63) is 12.2 Å². The zero-order chi connectivity index (χ0) is 8.98.